The van der Waals surface area contributed by atoms with Crippen LogP contribution in [0.2, 0.25) is 0 Å². The minimum Gasteiger partial charge on any atom is -0.480 e. The lowest BCUT2D eigenvalue weighted by atomic mass is 9.94. The maximum atomic E-state index is 13.4. The van der Waals surface area contributed by atoms with Gasteiger partial charge in [-0.05, 0) is 44.4 Å². The van der Waals surface area contributed by atoms with Gasteiger partial charge in [0.25, 0.3) is 5.91 Å². The van der Waals surface area contributed by atoms with Crippen LogP contribution in [0.3, 0.4) is 0 Å². The maximum absolute atomic E-state index is 13.4. The van der Waals surface area contributed by atoms with Crippen LogP contribution in [0.25, 0.3) is 10.9 Å². The van der Waals surface area contributed by atoms with Crippen LogP contribution < -0.4 is 16.1 Å². The van der Waals surface area contributed by atoms with E-state index >= 15 is 0 Å². The van der Waals surface area contributed by atoms with E-state index < -0.39 is 57.4 Å². The fourth-order valence-electron chi connectivity index (χ4n) is 5.11. The van der Waals surface area contributed by atoms with Crippen molar-refractivity contribution in [1.29, 1.82) is 0 Å². The number of aromatic nitrogens is 1. The Kier molecular flexibility index (Phi) is 6.18. The van der Waals surface area contributed by atoms with Gasteiger partial charge in [0.05, 0.1) is 0 Å². The third kappa shape index (κ3) is 4.22. The third-order valence-corrected chi connectivity index (χ3v) is 8.52. The number of nitrogens with zero attached hydrogens (tertiary/aromatic N) is 1. The SMILES string of the molecule is CC1(C)S[C@@H]2[C@H](NC(=O)C(NC(=O)c3c[nH]c4ccccc4c3=O)C3=CCC=CC3)C(=O)N2[C@H]1C(=O)O. The highest BCUT2D eigenvalue weighted by Gasteiger charge is 2.64. The number of H-pyrrole nitrogens is 1. The van der Waals surface area contributed by atoms with Crippen molar-refractivity contribution in [3.63, 3.8) is 0 Å². The molecule has 2 fully saturated rings. The zero-order chi connectivity index (χ0) is 26.5. The molecule has 0 saturated carbocycles. The van der Waals surface area contributed by atoms with Gasteiger partial charge >= 0.3 is 5.97 Å². The van der Waals surface area contributed by atoms with Crippen LogP contribution in [0.5, 0.6) is 0 Å². The number of carboxylic acid groups (broad SMARTS) is 1. The number of pyridine rings is 1. The Morgan fingerprint density at radius 3 is 2.65 bits per heavy atom. The lowest BCUT2D eigenvalue weighted by Gasteiger charge is -2.44. The van der Waals surface area contributed by atoms with Gasteiger partial charge in [-0.3, -0.25) is 19.2 Å². The molecule has 3 amide bonds. The minimum atomic E-state index is -1.11. The standard InChI is InChI=1S/C26H26N4O6S/c1-26(2)20(25(35)36)30-23(34)18(24(30)37-26)29-22(33)17(13-8-4-3-5-9-13)28-21(32)15-12-27-16-11-7-6-10-14(16)19(15)31/h3-4,6-7,9-12,17-18,20,24H,5,8H2,1-2H3,(H,27,31)(H,28,32)(H,29,33)(H,35,36)/t17?,18-,20+,24-/m1/s1. The topological polar surface area (TPSA) is 149 Å². The number of benzene rings is 1. The van der Waals surface area contributed by atoms with E-state index in [0.29, 0.717) is 29.3 Å². The fraction of sp³-hybridized carbons (Fsp3) is 0.346. The number of β-lactam (4-membered cyclic amide) rings is 1. The van der Waals surface area contributed by atoms with Gasteiger partial charge in [0.15, 0.2) is 0 Å². The summed E-state index contributed by atoms with van der Waals surface area (Å²) in [5, 5.41) is 14.9. The molecule has 1 aromatic carbocycles. The van der Waals surface area contributed by atoms with E-state index in [2.05, 4.69) is 15.6 Å². The van der Waals surface area contributed by atoms with Crippen LogP contribution in [0.15, 0.2) is 59.1 Å². The third-order valence-electron chi connectivity index (χ3n) is 6.95. The van der Waals surface area contributed by atoms with Crippen molar-refractivity contribution in [1.82, 2.24) is 20.5 Å². The van der Waals surface area contributed by atoms with E-state index in [9.17, 15) is 29.1 Å². The molecule has 10 nitrogen and oxygen atoms in total. The zero-order valence-electron chi connectivity index (χ0n) is 20.2. The second-order valence-electron chi connectivity index (χ2n) is 9.76. The van der Waals surface area contributed by atoms with Gasteiger partial charge in [0.2, 0.25) is 17.2 Å². The van der Waals surface area contributed by atoms with Crippen molar-refractivity contribution in [3.8, 4) is 0 Å². The summed E-state index contributed by atoms with van der Waals surface area (Å²) in [7, 11) is 0. The van der Waals surface area contributed by atoms with E-state index in [-0.39, 0.29) is 5.56 Å². The molecule has 3 heterocycles. The Morgan fingerprint density at radius 2 is 1.95 bits per heavy atom. The molecule has 2 aromatic rings. The maximum Gasteiger partial charge on any atom is 0.327 e. The van der Waals surface area contributed by atoms with Gasteiger partial charge in [0.1, 0.15) is 29.1 Å². The fourth-order valence-corrected chi connectivity index (χ4v) is 6.73. The highest BCUT2D eigenvalue weighted by Crippen LogP contribution is 2.50. The number of aliphatic carboxylic acids is 1. The number of carbonyl (C=O) groups excluding carboxylic acids is 3. The first kappa shape index (κ1) is 24.8. The predicted octanol–water partition coefficient (Wildman–Crippen LogP) is 1.53. The monoisotopic (exact) mass is 522 g/mol. The Balaban J connectivity index is 1.38. The number of hydrogen-bond acceptors (Lipinski definition) is 6. The minimum absolute atomic E-state index is 0.133. The van der Waals surface area contributed by atoms with E-state index in [1.54, 1.807) is 38.1 Å². The summed E-state index contributed by atoms with van der Waals surface area (Å²) in [4.78, 5) is 68.4. The summed E-state index contributed by atoms with van der Waals surface area (Å²) >= 11 is 1.32. The Hall–Kier alpha value is -3.86. The molecule has 2 aliphatic heterocycles. The molecule has 37 heavy (non-hydrogen) atoms. The van der Waals surface area contributed by atoms with Gasteiger partial charge in [-0.2, -0.15) is 0 Å². The molecule has 11 heteroatoms. The molecular formula is C26H26N4O6S. The molecule has 1 aliphatic carbocycles. The summed E-state index contributed by atoms with van der Waals surface area (Å²) < 4.78 is -0.729. The average Bonchev–Trinajstić information content (AvgIpc) is 3.14. The first-order chi connectivity index (χ1) is 17.6. The highest BCUT2D eigenvalue weighted by atomic mass is 32.2. The van der Waals surface area contributed by atoms with Crippen molar-refractivity contribution in [2.45, 2.75) is 54.9 Å². The quantitative estimate of drug-likeness (QED) is 0.332. The van der Waals surface area contributed by atoms with E-state index in [1.165, 1.54) is 22.9 Å². The number of fused-ring (bicyclic) bond motifs is 2. The Bertz CT molecular complexity index is 1440. The number of para-hydroxylation sites is 1. The lowest BCUT2D eigenvalue weighted by molar-refractivity contribution is -0.161. The summed E-state index contributed by atoms with van der Waals surface area (Å²) in [6.45, 7) is 3.51. The van der Waals surface area contributed by atoms with Crippen LogP contribution in [0.4, 0.5) is 0 Å². The van der Waals surface area contributed by atoms with Crippen molar-refractivity contribution in [3.05, 3.63) is 70.1 Å². The van der Waals surface area contributed by atoms with Crippen LogP contribution in [0, 0.1) is 0 Å². The first-order valence-corrected chi connectivity index (χ1v) is 12.8. The van der Waals surface area contributed by atoms with Gasteiger partial charge in [-0.15, -0.1) is 11.8 Å². The Labute approximate surface area is 216 Å². The average molecular weight is 523 g/mol. The number of amides is 3. The van der Waals surface area contributed by atoms with Crippen LogP contribution in [-0.4, -0.2) is 66.9 Å². The molecule has 3 aliphatic rings. The van der Waals surface area contributed by atoms with Gasteiger partial charge in [-0.1, -0.05) is 30.4 Å². The molecule has 0 radical (unpaired) electrons. The number of carbonyl (C=O) groups is 4. The smallest absolute Gasteiger partial charge is 0.327 e. The highest BCUT2D eigenvalue weighted by molar-refractivity contribution is 8.01. The number of allylic oxidation sites excluding steroid dienone is 3. The summed E-state index contributed by atoms with van der Waals surface area (Å²) in [5.41, 5.74) is 0.629. The van der Waals surface area contributed by atoms with Crippen LogP contribution >= 0.6 is 11.8 Å². The molecule has 4 atom stereocenters. The first-order valence-electron chi connectivity index (χ1n) is 11.9. The normalized spacial score (nSPS) is 24.6. The van der Waals surface area contributed by atoms with E-state index in [1.807, 2.05) is 18.2 Å². The predicted molar refractivity (Wildman–Crippen MR) is 138 cm³/mol. The number of aromatic amines is 1. The van der Waals surface area contributed by atoms with E-state index in [4.69, 9.17) is 0 Å². The van der Waals surface area contributed by atoms with Crippen molar-refractivity contribution in [2.24, 2.45) is 0 Å². The second kappa shape index (κ2) is 9.22. The summed E-state index contributed by atoms with van der Waals surface area (Å²) in [5.74, 6) is -2.88. The zero-order valence-corrected chi connectivity index (χ0v) is 21.0. The number of carboxylic acids is 1. The van der Waals surface area contributed by atoms with Gasteiger partial charge < -0.3 is 25.6 Å². The van der Waals surface area contributed by atoms with Crippen LogP contribution in [-0.2, 0) is 14.4 Å². The molecule has 5 rings (SSSR count). The molecular weight excluding hydrogens is 496 g/mol. The second-order valence-corrected chi connectivity index (χ2v) is 11.5. The molecule has 0 bridgehead atoms. The molecule has 2 saturated heterocycles. The number of hydrogen-bond donors (Lipinski definition) is 4. The Morgan fingerprint density at radius 1 is 1.19 bits per heavy atom. The molecule has 4 N–H and O–H groups in total. The van der Waals surface area contributed by atoms with Gasteiger partial charge in [-0.25, -0.2) is 4.79 Å². The molecule has 0 spiro atoms. The molecule has 1 unspecified atom stereocenters. The number of nitrogens with one attached hydrogen (secondary N) is 3. The largest absolute Gasteiger partial charge is 0.480 e. The molecule has 192 valence electrons. The molecule has 1 aromatic heterocycles. The summed E-state index contributed by atoms with van der Waals surface area (Å²) in [6.07, 6.45) is 7.97. The van der Waals surface area contributed by atoms with Crippen molar-refractivity contribution < 1.29 is 24.3 Å². The van der Waals surface area contributed by atoms with Crippen molar-refractivity contribution in [2.75, 3.05) is 0 Å². The number of thioether (sulfide) groups is 1. The van der Waals surface area contributed by atoms with E-state index in [0.717, 1.165) is 0 Å². The summed E-state index contributed by atoms with van der Waals surface area (Å²) in [6, 6.07) is 3.79. The van der Waals surface area contributed by atoms with Gasteiger partial charge in [0, 0.05) is 21.8 Å². The number of rotatable bonds is 6. The van der Waals surface area contributed by atoms with Crippen LogP contribution in [0.1, 0.15) is 37.0 Å². The lowest BCUT2D eigenvalue weighted by Crippen LogP contribution is -2.71. The van der Waals surface area contributed by atoms with Crippen molar-refractivity contribution >= 4 is 46.4 Å².